The van der Waals surface area contributed by atoms with E-state index in [-0.39, 0.29) is 51.3 Å². The molecule has 3 unspecified atom stereocenters. The highest BCUT2D eigenvalue weighted by atomic mass is 35.5. The van der Waals surface area contributed by atoms with E-state index in [1.807, 2.05) is 30.3 Å². The number of halogens is 2. The van der Waals surface area contributed by atoms with Crippen molar-refractivity contribution >= 4 is 39.3 Å². The van der Waals surface area contributed by atoms with Crippen molar-refractivity contribution in [2.45, 2.75) is 68.7 Å². The zero-order valence-electron chi connectivity index (χ0n) is 24.9. The maximum atomic E-state index is 14.5. The van der Waals surface area contributed by atoms with Crippen molar-refractivity contribution < 1.29 is 27.2 Å². The number of hydrogen-bond acceptors (Lipinski definition) is 8. The maximum absolute atomic E-state index is 14.5. The summed E-state index contributed by atoms with van der Waals surface area (Å²) in [5, 5.41) is 27.1. The molecular formula is C32H30ClFN6O5S. The van der Waals surface area contributed by atoms with Crippen LogP contribution < -0.4 is 5.32 Å². The Hall–Kier alpha value is -4.35. The number of carbonyl (C=O) groups is 1. The van der Waals surface area contributed by atoms with Gasteiger partial charge in [0.05, 0.1) is 10.7 Å². The predicted molar refractivity (Wildman–Crippen MR) is 168 cm³/mol. The van der Waals surface area contributed by atoms with Gasteiger partial charge in [0, 0.05) is 42.0 Å². The van der Waals surface area contributed by atoms with Crippen molar-refractivity contribution in [2.24, 2.45) is 0 Å². The molecule has 0 radical (unpaired) electrons. The highest BCUT2D eigenvalue weighted by Gasteiger charge is 2.47. The van der Waals surface area contributed by atoms with E-state index < -0.39 is 39.6 Å². The molecule has 46 heavy (non-hydrogen) atoms. The van der Waals surface area contributed by atoms with Crippen LogP contribution in [0.3, 0.4) is 0 Å². The van der Waals surface area contributed by atoms with Crippen LogP contribution in [0.25, 0.3) is 17.4 Å². The third-order valence-corrected chi connectivity index (χ3v) is 11.0. The number of nitrogens with one attached hydrogen (secondary N) is 1. The summed E-state index contributed by atoms with van der Waals surface area (Å²) in [4.78, 5) is 16.8. The lowest BCUT2D eigenvalue weighted by Gasteiger charge is -2.32. The summed E-state index contributed by atoms with van der Waals surface area (Å²) in [7, 11) is -4.32. The van der Waals surface area contributed by atoms with Gasteiger partial charge in [0.25, 0.3) is 5.91 Å². The molecule has 1 saturated heterocycles. The van der Waals surface area contributed by atoms with Crippen LogP contribution in [0, 0.1) is 17.3 Å². The molecule has 2 aliphatic heterocycles. The number of nitriles is 1. The number of carbonyl (C=O) groups excluding carboxylic acids is 1. The second-order valence-electron chi connectivity index (χ2n) is 11.7. The minimum absolute atomic E-state index is 0.0308. The molecule has 0 saturated carbocycles. The van der Waals surface area contributed by atoms with Gasteiger partial charge in [0.15, 0.2) is 5.76 Å². The topological polar surface area (TPSA) is 154 Å². The molecule has 3 atom stereocenters. The summed E-state index contributed by atoms with van der Waals surface area (Å²) in [6, 6.07) is 13.8. The van der Waals surface area contributed by atoms with E-state index in [0.29, 0.717) is 25.0 Å². The molecule has 2 aliphatic rings. The van der Waals surface area contributed by atoms with Crippen LogP contribution in [0.5, 0.6) is 0 Å². The number of anilines is 1. The van der Waals surface area contributed by atoms with Gasteiger partial charge in [0.2, 0.25) is 16.0 Å². The Balaban J connectivity index is 1.33. The van der Waals surface area contributed by atoms with Gasteiger partial charge in [-0.15, -0.1) is 0 Å². The normalized spacial score (nSPS) is 19.4. The average molecular weight is 665 g/mol. The van der Waals surface area contributed by atoms with Crippen LogP contribution in [0.1, 0.15) is 67.1 Å². The number of nitrogens with zero attached hydrogens (tertiary/aromatic N) is 5. The van der Waals surface area contributed by atoms with Crippen molar-refractivity contribution in [3.8, 4) is 17.4 Å². The summed E-state index contributed by atoms with van der Waals surface area (Å²) in [5.74, 6) is -1.26. The SMILES string of the molecule is CC1CCC(CC(C)(O)c2cc(-c3ccccc3)on2)N1S(=O)(=O)c1c(Cl)c(C(=O)Nc2cc(F)nc(C#N)c2)n2c1C=CCC2. The summed E-state index contributed by atoms with van der Waals surface area (Å²) >= 11 is 6.79. The average Bonchev–Trinajstić information content (AvgIpc) is 3.73. The molecule has 0 bridgehead atoms. The Labute approximate surface area is 270 Å². The van der Waals surface area contributed by atoms with Gasteiger partial charge in [-0.25, -0.2) is 13.4 Å². The number of allylic oxidation sites excluding steroid dienone is 1. The van der Waals surface area contributed by atoms with Crippen LogP contribution in [0.4, 0.5) is 10.1 Å². The number of pyridine rings is 1. The Morgan fingerprint density at radius 1 is 1.26 bits per heavy atom. The fourth-order valence-corrected chi connectivity index (χ4v) is 8.98. The monoisotopic (exact) mass is 664 g/mol. The van der Waals surface area contributed by atoms with Gasteiger partial charge in [-0.05, 0) is 51.7 Å². The summed E-state index contributed by atoms with van der Waals surface area (Å²) < 4.78 is 51.4. The summed E-state index contributed by atoms with van der Waals surface area (Å²) in [6.07, 6.45) is 4.99. The molecule has 14 heteroatoms. The van der Waals surface area contributed by atoms with Gasteiger partial charge in [-0.1, -0.05) is 53.2 Å². The minimum Gasteiger partial charge on any atom is -0.384 e. The van der Waals surface area contributed by atoms with Crippen LogP contribution in [0.15, 0.2) is 64.0 Å². The van der Waals surface area contributed by atoms with E-state index in [9.17, 15) is 22.7 Å². The van der Waals surface area contributed by atoms with E-state index in [1.165, 1.54) is 14.9 Å². The number of hydrogen-bond donors (Lipinski definition) is 2. The van der Waals surface area contributed by atoms with Gasteiger partial charge in [-0.2, -0.15) is 14.0 Å². The smallest absolute Gasteiger partial charge is 0.273 e. The first-order valence-electron chi connectivity index (χ1n) is 14.7. The number of sulfonamides is 1. The Kier molecular flexibility index (Phi) is 8.32. The standard InChI is InChI=1S/C32H30ClFN6O5S/c1-19-11-12-23(17-32(2,42)26-16-25(45-38-26)20-8-4-3-5-9-20)40(19)46(43,44)30-24-10-6-7-13-39(24)29(28(30)33)31(41)37-21-14-22(18-35)36-27(34)15-21/h3-6,8-10,14-16,19,23,42H,7,11-13,17H2,1-2H3,(H,36,37,41). The number of fused-ring (bicyclic) bond motifs is 1. The lowest BCUT2D eigenvalue weighted by molar-refractivity contribution is 0.0229. The molecule has 11 nitrogen and oxygen atoms in total. The van der Waals surface area contributed by atoms with Crippen LogP contribution in [-0.4, -0.2) is 50.5 Å². The minimum atomic E-state index is -4.32. The quantitative estimate of drug-likeness (QED) is 0.227. The first-order chi connectivity index (χ1) is 21.9. The van der Waals surface area contributed by atoms with E-state index >= 15 is 0 Å². The lowest BCUT2D eigenvalue weighted by Crippen LogP contribution is -2.43. The van der Waals surface area contributed by atoms with Gasteiger partial charge < -0.3 is 19.5 Å². The van der Waals surface area contributed by atoms with E-state index in [4.69, 9.17) is 21.4 Å². The Morgan fingerprint density at radius 2 is 2.02 bits per heavy atom. The number of amides is 1. The predicted octanol–water partition coefficient (Wildman–Crippen LogP) is 5.71. The van der Waals surface area contributed by atoms with Gasteiger partial charge in [-0.3, -0.25) is 4.79 Å². The van der Waals surface area contributed by atoms with Crippen molar-refractivity contribution in [3.05, 3.63) is 88.4 Å². The molecular weight excluding hydrogens is 635 g/mol. The zero-order valence-corrected chi connectivity index (χ0v) is 26.5. The summed E-state index contributed by atoms with van der Waals surface area (Å²) in [5.41, 5.74) is -0.606. The van der Waals surface area contributed by atoms with E-state index in [1.54, 1.807) is 38.1 Å². The molecule has 1 fully saturated rings. The largest absolute Gasteiger partial charge is 0.384 e. The molecule has 5 heterocycles. The van der Waals surface area contributed by atoms with Crippen LogP contribution in [-0.2, 0) is 22.2 Å². The molecule has 4 aromatic rings. The molecule has 6 rings (SSSR count). The highest BCUT2D eigenvalue weighted by Crippen LogP contribution is 2.43. The maximum Gasteiger partial charge on any atom is 0.273 e. The second kappa shape index (κ2) is 12.1. The highest BCUT2D eigenvalue weighted by molar-refractivity contribution is 7.89. The first-order valence-corrected chi connectivity index (χ1v) is 16.5. The molecule has 238 valence electrons. The van der Waals surface area contributed by atoms with Gasteiger partial charge >= 0.3 is 0 Å². The molecule has 1 amide bonds. The molecule has 1 aromatic carbocycles. The van der Waals surface area contributed by atoms with E-state index in [0.717, 1.165) is 11.6 Å². The van der Waals surface area contributed by atoms with Crippen molar-refractivity contribution in [2.75, 3.05) is 5.32 Å². The lowest BCUT2D eigenvalue weighted by atomic mass is 9.92. The number of benzene rings is 1. The summed E-state index contributed by atoms with van der Waals surface area (Å²) in [6.45, 7) is 3.65. The Morgan fingerprint density at radius 3 is 2.76 bits per heavy atom. The van der Waals surface area contributed by atoms with Crippen molar-refractivity contribution in [1.82, 2.24) is 19.0 Å². The third-order valence-electron chi connectivity index (χ3n) is 8.38. The number of aromatic nitrogens is 3. The fraction of sp³-hybridized carbons (Fsp3) is 0.312. The van der Waals surface area contributed by atoms with Crippen molar-refractivity contribution in [1.29, 1.82) is 5.26 Å². The number of rotatable bonds is 8. The molecule has 0 aliphatic carbocycles. The molecule has 2 N–H and O–H groups in total. The van der Waals surface area contributed by atoms with Gasteiger partial charge in [0.1, 0.15) is 33.6 Å². The zero-order chi connectivity index (χ0) is 32.8. The first kappa shape index (κ1) is 31.6. The van der Waals surface area contributed by atoms with Crippen LogP contribution >= 0.6 is 11.6 Å². The fourth-order valence-electron chi connectivity index (χ4n) is 6.27. The van der Waals surface area contributed by atoms with Crippen molar-refractivity contribution in [3.63, 3.8) is 0 Å². The second-order valence-corrected chi connectivity index (χ2v) is 13.8. The number of aliphatic hydroxyl groups is 1. The van der Waals surface area contributed by atoms with E-state index in [2.05, 4.69) is 15.5 Å². The van der Waals surface area contributed by atoms with Crippen LogP contribution in [0.2, 0.25) is 5.02 Å². The molecule has 3 aromatic heterocycles. The third kappa shape index (κ3) is 5.73. The Bertz CT molecular complexity index is 2000. The molecule has 0 spiro atoms.